The molecule has 6 heteroatoms. The van der Waals surface area contributed by atoms with Crippen molar-refractivity contribution in [3.63, 3.8) is 0 Å². The van der Waals surface area contributed by atoms with E-state index in [2.05, 4.69) is 24.5 Å². The molecule has 2 atom stereocenters. The van der Waals surface area contributed by atoms with E-state index in [1.165, 1.54) is 0 Å². The van der Waals surface area contributed by atoms with Crippen LogP contribution in [0.15, 0.2) is 0 Å². The van der Waals surface area contributed by atoms with Gasteiger partial charge >= 0.3 is 6.03 Å². The van der Waals surface area contributed by atoms with E-state index in [0.717, 1.165) is 6.42 Å². The molecule has 0 aromatic heterocycles. The van der Waals surface area contributed by atoms with Gasteiger partial charge in [-0.1, -0.05) is 13.8 Å². The van der Waals surface area contributed by atoms with Gasteiger partial charge in [-0.2, -0.15) is 0 Å². The van der Waals surface area contributed by atoms with Crippen molar-refractivity contribution in [1.29, 1.82) is 0 Å². The fourth-order valence-corrected chi connectivity index (χ4v) is 3.26. The summed E-state index contributed by atoms with van der Waals surface area (Å²) in [6.07, 6.45) is 1.51. The van der Waals surface area contributed by atoms with Crippen molar-refractivity contribution in [3.05, 3.63) is 0 Å². The summed E-state index contributed by atoms with van der Waals surface area (Å²) >= 11 is 0. The second-order valence-electron chi connectivity index (χ2n) is 7.53. The van der Waals surface area contributed by atoms with Crippen LogP contribution in [-0.2, 0) is 4.74 Å². The summed E-state index contributed by atoms with van der Waals surface area (Å²) in [5, 5.41) is 5.79. The van der Waals surface area contributed by atoms with Gasteiger partial charge in [0.1, 0.15) is 0 Å². The van der Waals surface area contributed by atoms with Crippen LogP contribution in [0.5, 0.6) is 0 Å². The van der Waals surface area contributed by atoms with E-state index in [-0.39, 0.29) is 48.6 Å². The molecule has 128 valence electrons. The minimum atomic E-state index is -2.56. The average molecular weight is 318 g/mol. The van der Waals surface area contributed by atoms with E-state index in [1.54, 1.807) is 0 Å². The third-order valence-corrected chi connectivity index (χ3v) is 4.97. The van der Waals surface area contributed by atoms with Crippen LogP contribution >= 0.6 is 0 Å². The molecule has 2 aliphatic carbocycles. The topological polar surface area (TPSA) is 50.4 Å². The monoisotopic (exact) mass is 318 g/mol. The van der Waals surface area contributed by atoms with Crippen LogP contribution in [0.3, 0.4) is 0 Å². The predicted octanol–water partition coefficient (Wildman–Crippen LogP) is 3.46. The van der Waals surface area contributed by atoms with E-state index >= 15 is 0 Å². The summed E-state index contributed by atoms with van der Waals surface area (Å²) in [5.74, 6) is -2.56. The van der Waals surface area contributed by atoms with Gasteiger partial charge in [-0.15, -0.1) is 0 Å². The van der Waals surface area contributed by atoms with Crippen LogP contribution in [0.4, 0.5) is 13.6 Å². The SMILES string of the molecule is CC(C)OC1CC(NC(=O)NC2CCC(F)(F)CC2)C1(C)C. The van der Waals surface area contributed by atoms with Gasteiger partial charge in [0.05, 0.1) is 12.2 Å². The average Bonchev–Trinajstić information content (AvgIpc) is 2.39. The number of nitrogens with one attached hydrogen (secondary N) is 2. The normalized spacial score (nSPS) is 30.7. The number of hydrogen-bond donors (Lipinski definition) is 2. The van der Waals surface area contributed by atoms with Crippen molar-refractivity contribution in [3.8, 4) is 0 Å². The summed E-state index contributed by atoms with van der Waals surface area (Å²) in [4.78, 5) is 12.0. The molecule has 2 N–H and O–H groups in total. The predicted molar refractivity (Wildman–Crippen MR) is 81.1 cm³/mol. The van der Waals surface area contributed by atoms with E-state index in [9.17, 15) is 13.6 Å². The van der Waals surface area contributed by atoms with Crippen LogP contribution < -0.4 is 10.6 Å². The van der Waals surface area contributed by atoms with Crippen molar-refractivity contribution in [2.24, 2.45) is 5.41 Å². The van der Waals surface area contributed by atoms with Crippen LogP contribution in [0.1, 0.15) is 59.8 Å². The molecule has 2 unspecified atom stereocenters. The molecule has 0 aromatic rings. The number of amides is 2. The first-order valence-electron chi connectivity index (χ1n) is 8.20. The van der Waals surface area contributed by atoms with Gasteiger partial charge in [-0.25, -0.2) is 13.6 Å². The fraction of sp³-hybridized carbons (Fsp3) is 0.938. The number of carbonyl (C=O) groups excluding carboxylic acids is 1. The molecular weight excluding hydrogens is 290 g/mol. The molecule has 2 rings (SSSR count). The molecule has 0 bridgehead atoms. The highest BCUT2D eigenvalue weighted by atomic mass is 19.3. The Morgan fingerprint density at radius 3 is 2.27 bits per heavy atom. The standard InChI is InChI=1S/C16H28F2N2O2/c1-10(2)22-13-9-12(15(13,3)4)20-14(21)19-11-5-7-16(17,18)8-6-11/h10-13H,5-9H2,1-4H3,(H2,19,20,21). The second-order valence-corrected chi connectivity index (χ2v) is 7.53. The van der Waals surface area contributed by atoms with Crippen molar-refractivity contribution < 1.29 is 18.3 Å². The zero-order chi connectivity index (χ0) is 16.5. The summed E-state index contributed by atoms with van der Waals surface area (Å²) in [5.41, 5.74) is -0.110. The van der Waals surface area contributed by atoms with Gasteiger partial charge in [0.15, 0.2) is 0 Å². The summed E-state index contributed by atoms with van der Waals surface area (Å²) in [6.45, 7) is 8.16. The van der Waals surface area contributed by atoms with Crippen molar-refractivity contribution in [2.75, 3.05) is 0 Å². The minimum Gasteiger partial charge on any atom is -0.375 e. The maximum atomic E-state index is 13.1. The van der Waals surface area contributed by atoms with E-state index < -0.39 is 5.92 Å². The van der Waals surface area contributed by atoms with Gasteiger partial charge in [-0.05, 0) is 33.1 Å². The van der Waals surface area contributed by atoms with E-state index in [4.69, 9.17) is 4.74 Å². The van der Waals surface area contributed by atoms with Crippen molar-refractivity contribution in [2.45, 2.75) is 90.0 Å². The molecule has 4 nitrogen and oxygen atoms in total. The van der Waals surface area contributed by atoms with Gasteiger partial charge in [0.2, 0.25) is 5.92 Å². The molecule has 0 saturated heterocycles. The summed E-state index contributed by atoms with van der Waals surface area (Å²) < 4.78 is 32.0. The first-order chi connectivity index (χ1) is 10.1. The van der Waals surface area contributed by atoms with E-state index in [0.29, 0.717) is 12.8 Å². The molecule has 0 aromatic carbocycles. The molecule has 0 heterocycles. The number of carbonyl (C=O) groups is 1. The van der Waals surface area contributed by atoms with Crippen LogP contribution in [0.2, 0.25) is 0 Å². The highest BCUT2D eigenvalue weighted by Crippen LogP contribution is 2.43. The molecule has 2 saturated carbocycles. The molecule has 2 amide bonds. The first kappa shape index (κ1) is 17.4. The van der Waals surface area contributed by atoms with Crippen LogP contribution in [0.25, 0.3) is 0 Å². The second kappa shape index (κ2) is 6.30. The van der Waals surface area contributed by atoms with Gasteiger partial charge in [-0.3, -0.25) is 0 Å². The smallest absolute Gasteiger partial charge is 0.315 e. The zero-order valence-corrected chi connectivity index (χ0v) is 13.9. The fourth-order valence-electron chi connectivity index (χ4n) is 3.26. The Kier molecular flexibility index (Phi) is 5.00. The Morgan fingerprint density at radius 2 is 1.77 bits per heavy atom. The maximum absolute atomic E-state index is 13.1. The van der Waals surface area contributed by atoms with Crippen LogP contribution in [0, 0.1) is 5.41 Å². The number of urea groups is 1. The molecule has 2 aliphatic rings. The maximum Gasteiger partial charge on any atom is 0.315 e. The molecular formula is C16H28F2N2O2. The largest absolute Gasteiger partial charge is 0.375 e. The molecule has 0 spiro atoms. The number of halogens is 2. The third kappa shape index (κ3) is 4.09. The lowest BCUT2D eigenvalue weighted by Gasteiger charge is -2.52. The Balaban J connectivity index is 1.74. The zero-order valence-electron chi connectivity index (χ0n) is 13.9. The highest BCUT2D eigenvalue weighted by molar-refractivity contribution is 5.74. The third-order valence-electron chi connectivity index (χ3n) is 4.97. The van der Waals surface area contributed by atoms with Crippen molar-refractivity contribution >= 4 is 6.03 Å². The lowest BCUT2D eigenvalue weighted by molar-refractivity contribution is -0.135. The Bertz CT molecular complexity index is 403. The number of rotatable bonds is 4. The highest BCUT2D eigenvalue weighted by Gasteiger charge is 2.50. The Labute approximate surface area is 131 Å². The first-order valence-corrected chi connectivity index (χ1v) is 8.20. The number of ether oxygens (including phenoxy) is 1. The summed E-state index contributed by atoms with van der Waals surface area (Å²) in [6, 6.07) is -0.344. The summed E-state index contributed by atoms with van der Waals surface area (Å²) in [7, 11) is 0. The van der Waals surface area contributed by atoms with Gasteiger partial charge in [0, 0.05) is 30.3 Å². The van der Waals surface area contributed by atoms with Gasteiger partial charge < -0.3 is 15.4 Å². The quantitative estimate of drug-likeness (QED) is 0.834. The van der Waals surface area contributed by atoms with Crippen LogP contribution in [-0.4, -0.2) is 36.2 Å². The lowest BCUT2D eigenvalue weighted by atomic mass is 9.64. The van der Waals surface area contributed by atoms with E-state index in [1.807, 2.05) is 13.8 Å². The molecule has 0 aliphatic heterocycles. The van der Waals surface area contributed by atoms with Crippen molar-refractivity contribution in [1.82, 2.24) is 10.6 Å². The number of hydrogen-bond acceptors (Lipinski definition) is 2. The lowest BCUT2D eigenvalue weighted by Crippen LogP contribution is -2.64. The Hall–Kier alpha value is -0.910. The molecule has 0 radical (unpaired) electrons. The molecule has 2 fully saturated rings. The Morgan fingerprint density at radius 1 is 1.18 bits per heavy atom. The number of alkyl halides is 2. The minimum absolute atomic E-state index is 0.0567. The molecule has 22 heavy (non-hydrogen) atoms. The van der Waals surface area contributed by atoms with Gasteiger partial charge in [0.25, 0.3) is 0 Å².